The molecule has 2 N–H and O–H groups in total. The second kappa shape index (κ2) is 14.5. The molecule has 278 valence electrons. The van der Waals surface area contributed by atoms with E-state index in [1.165, 1.54) is 24.0 Å². The first-order chi connectivity index (χ1) is 24.6. The van der Waals surface area contributed by atoms with Crippen LogP contribution in [0.25, 0.3) is 0 Å². The number of benzene rings is 2. The third-order valence-corrected chi connectivity index (χ3v) is 15.9. The maximum Gasteiger partial charge on any atom is 0.264 e. The molecule has 1 saturated carbocycles. The lowest BCUT2D eigenvalue weighted by molar-refractivity contribution is 0.0207. The molecule has 6 aliphatic rings. The van der Waals surface area contributed by atoms with E-state index in [1.54, 1.807) is 13.0 Å². The van der Waals surface area contributed by atoms with Crippen molar-refractivity contribution in [3.05, 3.63) is 58.1 Å². The molecular weight excluding hydrogens is 682 g/mol. The fourth-order valence-corrected chi connectivity index (χ4v) is 11.9. The Labute approximate surface area is 309 Å². The van der Waals surface area contributed by atoms with Gasteiger partial charge in [0.1, 0.15) is 5.75 Å². The molecule has 9 nitrogen and oxygen atoms in total. The zero-order valence-corrected chi connectivity index (χ0v) is 32.0. The van der Waals surface area contributed by atoms with Crippen molar-refractivity contribution in [1.82, 2.24) is 19.8 Å². The highest BCUT2D eigenvalue weighted by atomic mass is 35.5. The summed E-state index contributed by atoms with van der Waals surface area (Å²) in [5.74, 6) is 1.87. The Balaban J connectivity index is 1.14. The number of sulfonamides is 1. The molecule has 8 rings (SSSR count). The van der Waals surface area contributed by atoms with E-state index in [-0.39, 0.29) is 11.3 Å². The molecule has 2 aromatic rings. The number of rotatable bonds is 2. The van der Waals surface area contributed by atoms with Crippen molar-refractivity contribution < 1.29 is 17.9 Å². The Morgan fingerprint density at radius 2 is 1.88 bits per heavy atom. The van der Waals surface area contributed by atoms with Gasteiger partial charge in [-0.15, -0.1) is 0 Å². The molecule has 2 saturated heterocycles. The average Bonchev–Trinajstić information content (AvgIpc) is 3.25. The summed E-state index contributed by atoms with van der Waals surface area (Å²) in [6, 6.07) is 12.4. The van der Waals surface area contributed by atoms with Gasteiger partial charge in [0.05, 0.1) is 17.5 Å². The molecule has 3 fully saturated rings. The summed E-state index contributed by atoms with van der Waals surface area (Å²) < 4.78 is 36.3. The zero-order valence-electron chi connectivity index (χ0n) is 30.4. The Kier molecular flexibility index (Phi) is 10.1. The topological polar surface area (TPSA) is 94.2 Å². The summed E-state index contributed by atoms with van der Waals surface area (Å²) in [5, 5.41) is 3.72. The first-order valence-corrected chi connectivity index (χ1v) is 21.5. The van der Waals surface area contributed by atoms with E-state index >= 15 is 0 Å². The van der Waals surface area contributed by atoms with Gasteiger partial charge in [0.2, 0.25) is 10.0 Å². The molecule has 1 spiro atoms. The van der Waals surface area contributed by atoms with E-state index in [9.17, 15) is 13.2 Å². The van der Waals surface area contributed by atoms with Gasteiger partial charge in [-0.05, 0) is 117 Å². The second-order valence-electron chi connectivity index (χ2n) is 16.8. The standard InChI is InChI=1S/C40H56ClN5O4S/c1-27-5-3-6-31(22-44-17-18-45-16-15-42-21-34(45)24-44)35-11-8-32(35)23-46-25-40(14-4-7-29-19-33(41)10-12-36(29)40)26-50-38-13-9-30(20-37(38)46)39(47)43-51(48,49)28(27)2/h9-10,12-13,19-20,27-28,31-32,34-35,42H,3-8,11,14-18,21-26H2,1-2H3,(H,43,47)/t27-,28+,31?,32-,34-,35-,40-/m0/s1. The fraction of sp³-hybridized carbons (Fsp3) is 0.675. The smallest absolute Gasteiger partial charge is 0.264 e. The van der Waals surface area contributed by atoms with Crippen LogP contribution in [0.1, 0.15) is 80.3 Å². The number of fused-ring (bicyclic) bond motifs is 5. The zero-order chi connectivity index (χ0) is 35.3. The molecule has 1 unspecified atom stereocenters. The number of nitrogens with one attached hydrogen (secondary N) is 2. The summed E-state index contributed by atoms with van der Waals surface area (Å²) in [5.41, 5.74) is 3.67. The van der Waals surface area contributed by atoms with Crippen LogP contribution < -0.4 is 19.7 Å². The third-order valence-electron chi connectivity index (χ3n) is 13.7. The quantitative estimate of drug-likeness (QED) is 0.429. The normalized spacial score (nSPS) is 34.6. The highest BCUT2D eigenvalue weighted by Gasteiger charge is 2.45. The van der Waals surface area contributed by atoms with E-state index in [4.69, 9.17) is 16.3 Å². The van der Waals surface area contributed by atoms with Crippen molar-refractivity contribution in [2.45, 2.75) is 81.9 Å². The number of piperazine rings is 2. The van der Waals surface area contributed by atoms with E-state index in [0.717, 1.165) is 114 Å². The summed E-state index contributed by atoms with van der Waals surface area (Å²) in [7, 11) is -3.87. The molecule has 0 radical (unpaired) electrons. The summed E-state index contributed by atoms with van der Waals surface area (Å²) in [4.78, 5) is 21.5. The highest BCUT2D eigenvalue weighted by molar-refractivity contribution is 7.90. The molecule has 2 aliphatic carbocycles. The Bertz CT molecular complexity index is 1720. The Morgan fingerprint density at radius 1 is 1.00 bits per heavy atom. The van der Waals surface area contributed by atoms with Crippen LogP contribution in [0.15, 0.2) is 36.4 Å². The van der Waals surface area contributed by atoms with Crippen LogP contribution in [0, 0.1) is 23.7 Å². The largest absolute Gasteiger partial charge is 0.490 e. The molecule has 2 bridgehead atoms. The van der Waals surface area contributed by atoms with Gasteiger partial charge in [-0.2, -0.15) is 0 Å². The number of anilines is 1. The molecule has 4 aliphatic heterocycles. The van der Waals surface area contributed by atoms with Crippen LogP contribution in [0.2, 0.25) is 5.02 Å². The number of nitrogens with zero attached hydrogens (tertiary/aromatic N) is 3. The van der Waals surface area contributed by atoms with Crippen LogP contribution in [-0.4, -0.2) is 101 Å². The number of halogens is 1. The van der Waals surface area contributed by atoms with Crippen molar-refractivity contribution in [2.24, 2.45) is 23.7 Å². The maximum atomic E-state index is 13.6. The van der Waals surface area contributed by atoms with E-state index in [1.807, 2.05) is 25.1 Å². The number of ether oxygens (including phenoxy) is 1. The monoisotopic (exact) mass is 737 g/mol. The Hall–Kier alpha value is -2.37. The lowest BCUT2D eigenvalue weighted by Gasteiger charge is -2.49. The van der Waals surface area contributed by atoms with Crippen molar-refractivity contribution in [3.8, 4) is 5.75 Å². The summed E-state index contributed by atoms with van der Waals surface area (Å²) >= 11 is 6.50. The Morgan fingerprint density at radius 3 is 2.73 bits per heavy atom. The average molecular weight is 738 g/mol. The number of amides is 1. The van der Waals surface area contributed by atoms with Gasteiger partial charge < -0.3 is 19.9 Å². The molecular formula is C40H56ClN5O4S. The minimum absolute atomic E-state index is 0.0571. The van der Waals surface area contributed by atoms with Gasteiger partial charge in [-0.3, -0.25) is 9.69 Å². The van der Waals surface area contributed by atoms with Gasteiger partial charge >= 0.3 is 0 Å². The van der Waals surface area contributed by atoms with Gasteiger partial charge in [-0.25, -0.2) is 13.1 Å². The van der Waals surface area contributed by atoms with Crippen LogP contribution in [0.5, 0.6) is 5.75 Å². The van der Waals surface area contributed by atoms with Gasteiger partial charge in [0.25, 0.3) is 5.91 Å². The molecule has 4 heterocycles. The second-order valence-corrected chi connectivity index (χ2v) is 19.3. The van der Waals surface area contributed by atoms with Crippen molar-refractivity contribution in [3.63, 3.8) is 0 Å². The number of hydrogen-bond acceptors (Lipinski definition) is 8. The summed E-state index contributed by atoms with van der Waals surface area (Å²) in [6.07, 6.45) is 8.49. The van der Waals surface area contributed by atoms with E-state index in [2.05, 4.69) is 36.9 Å². The van der Waals surface area contributed by atoms with Crippen LogP contribution >= 0.6 is 11.6 Å². The predicted molar refractivity (Wildman–Crippen MR) is 203 cm³/mol. The van der Waals surface area contributed by atoms with Crippen molar-refractivity contribution >= 4 is 33.2 Å². The number of aryl methyl sites for hydroxylation is 1. The SMILES string of the molecule is C[C@@H]1[C@@H](C)CCCC(CN2CCN3CCNC[C@H]3C2)[C@@H]2CC[C@H]2CN2C[C@@]3(CCCc4cc(Cl)ccc43)COc3ccc(cc32)C(=O)NS1(=O)=O. The molecule has 51 heavy (non-hydrogen) atoms. The fourth-order valence-electron chi connectivity index (χ4n) is 10.4. The minimum atomic E-state index is -3.87. The molecule has 11 heteroatoms. The van der Waals surface area contributed by atoms with Gasteiger partial charge in [0, 0.05) is 80.9 Å². The molecule has 2 aromatic carbocycles. The first-order valence-electron chi connectivity index (χ1n) is 19.6. The molecule has 0 aromatic heterocycles. The van der Waals surface area contributed by atoms with Gasteiger partial charge in [-0.1, -0.05) is 31.0 Å². The predicted octanol–water partition coefficient (Wildman–Crippen LogP) is 5.31. The van der Waals surface area contributed by atoms with Gasteiger partial charge in [0.15, 0.2) is 0 Å². The summed E-state index contributed by atoms with van der Waals surface area (Å²) in [6.45, 7) is 13.8. The maximum absolute atomic E-state index is 13.6. The van der Waals surface area contributed by atoms with Crippen molar-refractivity contribution in [2.75, 3.05) is 70.4 Å². The lowest BCUT2D eigenvalue weighted by atomic mass is 9.65. The lowest BCUT2D eigenvalue weighted by Crippen LogP contribution is -2.61. The number of carbonyl (C=O) groups is 1. The third kappa shape index (κ3) is 7.17. The highest BCUT2D eigenvalue weighted by Crippen LogP contribution is 2.48. The van der Waals surface area contributed by atoms with Crippen LogP contribution in [-0.2, 0) is 21.9 Å². The van der Waals surface area contributed by atoms with Crippen LogP contribution in [0.3, 0.4) is 0 Å². The number of carbonyl (C=O) groups excluding carboxylic acids is 1. The minimum Gasteiger partial charge on any atom is -0.490 e. The first kappa shape index (κ1) is 35.6. The molecule has 1 amide bonds. The molecule has 7 atom stereocenters. The van der Waals surface area contributed by atoms with Crippen molar-refractivity contribution in [1.29, 1.82) is 0 Å². The van der Waals surface area contributed by atoms with E-state index < -0.39 is 21.2 Å². The number of hydrogen-bond donors (Lipinski definition) is 2. The van der Waals surface area contributed by atoms with E-state index in [0.29, 0.717) is 36.0 Å². The van der Waals surface area contributed by atoms with Crippen LogP contribution in [0.4, 0.5) is 5.69 Å².